The topological polar surface area (TPSA) is 88.5 Å². The Kier molecular flexibility index (Phi) is 5.68. The number of nitrogens with two attached hydrogens (primary N) is 2. The highest BCUT2D eigenvalue weighted by Gasteiger charge is 2.18. The molecule has 3 rings (SSSR count). The summed E-state index contributed by atoms with van der Waals surface area (Å²) in [5.74, 6) is 0.953. The average Bonchev–Trinajstić information content (AvgIpc) is 2.65. The molecule has 138 valence electrons. The summed E-state index contributed by atoms with van der Waals surface area (Å²) in [5.41, 5.74) is 12.6. The molecule has 0 unspecified atom stereocenters. The number of ketones is 1. The molecule has 0 radical (unpaired) electrons. The first-order valence-corrected chi connectivity index (χ1v) is 8.81. The van der Waals surface area contributed by atoms with Crippen LogP contribution in [0.3, 0.4) is 0 Å². The van der Waals surface area contributed by atoms with Crippen molar-refractivity contribution in [1.82, 2.24) is 9.88 Å². The highest BCUT2D eigenvalue weighted by molar-refractivity contribution is 5.95. The molecular weight excluding hydrogens is 333 g/mol. The number of nitrogens with zero attached hydrogens (tertiary/aromatic N) is 3. The first kappa shape index (κ1) is 18.1. The van der Waals surface area contributed by atoms with E-state index in [2.05, 4.69) is 14.8 Å². The normalized spacial score (nSPS) is 15.2. The number of pyridine rings is 1. The number of hydrogen-bond acceptors (Lipinski definition) is 6. The maximum Gasteiger partial charge on any atom is 0.162 e. The highest BCUT2D eigenvalue weighted by Crippen LogP contribution is 2.19. The molecule has 1 saturated heterocycles. The maximum absolute atomic E-state index is 12.9. The number of rotatable bonds is 6. The van der Waals surface area contributed by atoms with Gasteiger partial charge in [-0.1, -0.05) is 0 Å². The van der Waals surface area contributed by atoms with Crippen molar-refractivity contribution >= 4 is 23.1 Å². The van der Waals surface area contributed by atoms with E-state index in [1.54, 1.807) is 18.2 Å². The molecule has 6 nitrogen and oxygen atoms in total. The number of hydrogen-bond donors (Lipinski definition) is 2. The third-order valence-corrected chi connectivity index (χ3v) is 4.68. The van der Waals surface area contributed by atoms with Gasteiger partial charge < -0.3 is 16.4 Å². The standard InChI is InChI=1S/C19H24FN5O/c20-15-5-3-14(4-6-15)17(26)2-1-9-24-10-12-25(13-11-24)18-8-7-16(21)19(22)23-18/h3-8H,1-2,9-13,21H2,(H2,22,23). The fourth-order valence-electron chi connectivity index (χ4n) is 3.09. The summed E-state index contributed by atoms with van der Waals surface area (Å²) in [5, 5.41) is 0. The second-order valence-electron chi connectivity index (χ2n) is 6.51. The number of benzene rings is 1. The van der Waals surface area contributed by atoms with Crippen molar-refractivity contribution in [3.05, 3.63) is 47.8 Å². The zero-order chi connectivity index (χ0) is 18.5. The van der Waals surface area contributed by atoms with Gasteiger partial charge >= 0.3 is 0 Å². The zero-order valence-electron chi connectivity index (χ0n) is 14.7. The molecule has 0 bridgehead atoms. The Morgan fingerprint density at radius 1 is 1.04 bits per heavy atom. The van der Waals surface area contributed by atoms with Gasteiger partial charge in [0.25, 0.3) is 0 Å². The van der Waals surface area contributed by atoms with Crippen LogP contribution in [0, 0.1) is 5.82 Å². The van der Waals surface area contributed by atoms with Crippen molar-refractivity contribution in [2.45, 2.75) is 12.8 Å². The van der Waals surface area contributed by atoms with Crippen LogP contribution in [0.1, 0.15) is 23.2 Å². The van der Waals surface area contributed by atoms with Crippen LogP contribution in [-0.4, -0.2) is 48.4 Å². The van der Waals surface area contributed by atoms with E-state index in [9.17, 15) is 9.18 Å². The predicted molar refractivity (Wildman–Crippen MR) is 102 cm³/mol. The summed E-state index contributed by atoms with van der Waals surface area (Å²) in [7, 11) is 0. The van der Waals surface area contributed by atoms with Crippen LogP contribution in [0.5, 0.6) is 0 Å². The Labute approximate surface area is 152 Å². The van der Waals surface area contributed by atoms with Gasteiger partial charge in [0.2, 0.25) is 0 Å². The summed E-state index contributed by atoms with van der Waals surface area (Å²) < 4.78 is 12.9. The van der Waals surface area contributed by atoms with Gasteiger partial charge in [-0.15, -0.1) is 0 Å². The van der Waals surface area contributed by atoms with E-state index in [1.807, 2.05) is 6.07 Å². The number of Topliss-reactive ketones (excluding diaryl/α,β-unsaturated/α-hetero) is 1. The summed E-state index contributed by atoms with van der Waals surface area (Å²) in [6, 6.07) is 9.41. The van der Waals surface area contributed by atoms with E-state index in [0.717, 1.165) is 45.0 Å². The first-order chi connectivity index (χ1) is 12.5. The molecule has 1 aliphatic heterocycles. The van der Waals surface area contributed by atoms with E-state index in [4.69, 9.17) is 11.5 Å². The molecule has 4 N–H and O–H groups in total. The molecule has 0 atom stereocenters. The molecule has 2 heterocycles. The number of anilines is 3. The van der Waals surface area contributed by atoms with Crippen molar-refractivity contribution in [2.24, 2.45) is 0 Å². The van der Waals surface area contributed by atoms with Crippen molar-refractivity contribution in [3.8, 4) is 0 Å². The number of carbonyl (C=O) groups excluding carboxylic acids is 1. The van der Waals surface area contributed by atoms with E-state index in [-0.39, 0.29) is 11.6 Å². The molecule has 1 aliphatic rings. The van der Waals surface area contributed by atoms with Crippen molar-refractivity contribution < 1.29 is 9.18 Å². The van der Waals surface area contributed by atoms with Crippen LogP contribution in [0.15, 0.2) is 36.4 Å². The van der Waals surface area contributed by atoms with Gasteiger partial charge in [0, 0.05) is 38.2 Å². The van der Waals surface area contributed by atoms with Crippen molar-refractivity contribution in [3.63, 3.8) is 0 Å². The summed E-state index contributed by atoms with van der Waals surface area (Å²) in [6.45, 7) is 4.43. The quantitative estimate of drug-likeness (QED) is 0.771. The Morgan fingerprint density at radius 3 is 2.38 bits per heavy atom. The van der Waals surface area contributed by atoms with E-state index >= 15 is 0 Å². The van der Waals surface area contributed by atoms with Gasteiger partial charge in [-0.25, -0.2) is 9.37 Å². The molecule has 1 aromatic carbocycles. The van der Waals surface area contributed by atoms with Gasteiger partial charge in [-0.2, -0.15) is 0 Å². The minimum Gasteiger partial charge on any atom is -0.396 e. The highest BCUT2D eigenvalue weighted by atomic mass is 19.1. The van der Waals surface area contributed by atoms with Crippen molar-refractivity contribution in [2.75, 3.05) is 49.1 Å². The molecule has 0 amide bonds. The van der Waals surface area contributed by atoms with Crippen LogP contribution in [0.25, 0.3) is 0 Å². The lowest BCUT2D eigenvalue weighted by Crippen LogP contribution is -2.47. The first-order valence-electron chi connectivity index (χ1n) is 8.81. The van der Waals surface area contributed by atoms with Gasteiger partial charge in [0.1, 0.15) is 17.5 Å². The smallest absolute Gasteiger partial charge is 0.162 e. The fourth-order valence-corrected chi connectivity index (χ4v) is 3.09. The van der Waals surface area contributed by atoms with Gasteiger partial charge in [-0.3, -0.25) is 9.69 Å². The summed E-state index contributed by atoms with van der Waals surface area (Å²) in [4.78, 5) is 21.0. The SMILES string of the molecule is Nc1ccc(N2CCN(CCCC(=O)c3ccc(F)cc3)CC2)nc1N. The summed E-state index contributed by atoms with van der Waals surface area (Å²) >= 11 is 0. The van der Waals surface area contributed by atoms with Crippen LogP contribution in [-0.2, 0) is 0 Å². The van der Waals surface area contributed by atoms with E-state index in [1.165, 1.54) is 12.1 Å². The molecular formula is C19H24FN5O. The third kappa shape index (κ3) is 4.49. The molecule has 2 aromatic rings. The number of halogens is 1. The maximum atomic E-state index is 12.9. The molecule has 0 saturated carbocycles. The second-order valence-corrected chi connectivity index (χ2v) is 6.51. The average molecular weight is 357 g/mol. The Morgan fingerprint density at radius 2 is 1.73 bits per heavy atom. The Bertz CT molecular complexity index is 757. The van der Waals surface area contributed by atoms with Crippen LogP contribution in [0.4, 0.5) is 21.7 Å². The number of nitrogen functional groups attached to an aromatic ring is 2. The lowest BCUT2D eigenvalue weighted by atomic mass is 10.1. The largest absolute Gasteiger partial charge is 0.396 e. The van der Waals surface area contributed by atoms with Gasteiger partial charge in [0.15, 0.2) is 5.78 Å². The number of piperazine rings is 1. The van der Waals surface area contributed by atoms with E-state index in [0.29, 0.717) is 23.5 Å². The zero-order valence-corrected chi connectivity index (χ0v) is 14.7. The van der Waals surface area contributed by atoms with Crippen LogP contribution >= 0.6 is 0 Å². The lowest BCUT2D eigenvalue weighted by molar-refractivity contribution is 0.0974. The van der Waals surface area contributed by atoms with Crippen LogP contribution in [0.2, 0.25) is 0 Å². The molecule has 1 aromatic heterocycles. The Hall–Kier alpha value is -2.67. The van der Waals surface area contributed by atoms with E-state index < -0.39 is 0 Å². The number of aromatic nitrogens is 1. The molecule has 0 aliphatic carbocycles. The lowest BCUT2D eigenvalue weighted by Gasteiger charge is -2.35. The third-order valence-electron chi connectivity index (χ3n) is 4.68. The molecule has 26 heavy (non-hydrogen) atoms. The monoisotopic (exact) mass is 357 g/mol. The Balaban J connectivity index is 1.42. The minimum absolute atomic E-state index is 0.0604. The molecule has 0 spiro atoms. The predicted octanol–water partition coefficient (Wildman–Crippen LogP) is 2.17. The van der Waals surface area contributed by atoms with Crippen LogP contribution < -0.4 is 16.4 Å². The molecule has 1 fully saturated rings. The fraction of sp³-hybridized carbons (Fsp3) is 0.368. The van der Waals surface area contributed by atoms with Gasteiger partial charge in [0.05, 0.1) is 5.69 Å². The number of carbonyl (C=O) groups is 1. The molecule has 7 heteroatoms. The minimum atomic E-state index is -0.322. The summed E-state index contributed by atoms with van der Waals surface area (Å²) in [6.07, 6.45) is 1.27. The van der Waals surface area contributed by atoms with Gasteiger partial charge in [-0.05, 0) is 49.4 Å². The van der Waals surface area contributed by atoms with Crippen molar-refractivity contribution in [1.29, 1.82) is 0 Å². The second kappa shape index (κ2) is 8.14.